The molecule has 2 aromatic rings. The minimum absolute atomic E-state index is 0.0149. The average Bonchev–Trinajstić information content (AvgIpc) is 2.88. The molecule has 0 aliphatic rings. The van der Waals surface area contributed by atoms with Crippen LogP contribution in [-0.2, 0) is 0 Å². The lowest BCUT2D eigenvalue weighted by atomic mass is 10.2. The van der Waals surface area contributed by atoms with E-state index < -0.39 is 0 Å². The van der Waals surface area contributed by atoms with E-state index in [0.29, 0.717) is 22.9 Å². The Kier molecular flexibility index (Phi) is 4.76. The van der Waals surface area contributed by atoms with Gasteiger partial charge >= 0.3 is 0 Å². The molecule has 0 radical (unpaired) electrons. The maximum Gasteiger partial charge on any atom is 0.227 e. The zero-order chi connectivity index (χ0) is 16.3. The Morgan fingerprint density at radius 3 is 2.68 bits per heavy atom. The van der Waals surface area contributed by atoms with Gasteiger partial charge in [0.15, 0.2) is 22.9 Å². The molecule has 0 aliphatic heterocycles. The number of anilines is 1. The van der Waals surface area contributed by atoms with Crippen LogP contribution in [0.15, 0.2) is 11.3 Å². The SMILES string of the molecule is CC[C@H](CO)Nc1nc(N=C(N)N)c2ncn(C(C)C)c2n1. The van der Waals surface area contributed by atoms with E-state index in [2.05, 4.69) is 25.3 Å². The molecular formula is C13H22N8O. The second-order valence-corrected chi connectivity index (χ2v) is 5.26. The number of guanidine groups is 1. The van der Waals surface area contributed by atoms with Crippen LogP contribution < -0.4 is 16.8 Å². The van der Waals surface area contributed by atoms with E-state index in [9.17, 15) is 5.11 Å². The fourth-order valence-corrected chi connectivity index (χ4v) is 2.00. The minimum Gasteiger partial charge on any atom is -0.394 e. The fraction of sp³-hybridized carbons (Fsp3) is 0.538. The highest BCUT2D eigenvalue weighted by Gasteiger charge is 2.16. The van der Waals surface area contributed by atoms with Gasteiger partial charge in [0.1, 0.15) is 0 Å². The number of fused-ring (bicyclic) bond motifs is 1. The summed E-state index contributed by atoms with van der Waals surface area (Å²) in [5.74, 6) is 0.565. The van der Waals surface area contributed by atoms with Crippen molar-refractivity contribution in [1.29, 1.82) is 0 Å². The second kappa shape index (κ2) is 6.56. The molecule has 0 bridgehead atoms. The number of nitrogens with zero attached hydrogens (tertiary/aromatic N) is 5. The Hall–Kier alpha value is -2.42. The van der Waals surface area contributed by atoms with E-state index in [0.717, 1.165) is 6.42 Å². The van der Waals surface area contributed by atoms with Gasteiger partial charge in [-0.25, -0.2) is 4.98 Å². The number of aliphatic hydroxyl groups is 1. The van der Waals surface area contributed by atoms with E-state index >= 15 is 0 Å². The van der Waals surface area contributed by atoms with Crippen LogP contribution in [0.3, 0.4) is 0 Å². The highest BCUT2D eigenvalue weighted by Crippen LogP contribution is 2.25. The number of nitrogens with one attached hydrogen (secondary N) is 1. The van der Waals surface area contributed by atoms with Gasteiger partial charge < -0.3 is 26.5 Å². The normalized spacial score (nSPS) is 12.6. The van der Waals surface area contributed by atoms with Crippen LogP contribution in [-0.4, -0.2) is 43.2 Å². The van der Waals surface area contributed by atoms with Gasteiger partial charge in [-0.2, -0.15) is 15.0 Å². The van der Waals surface area contributed by atoms with E-state index in [4.69, 9.17) is 11.5 Å². The summed E-state index contributed by atoms with van der Waals surface area (Å²) in [7, 11) is 0. The number of aromatic nitrogens is 4. The third-order valence-electron chi connectivity index (χ3n) is 3.24. The zero-order valence-corrected chi connectivity index (χ0v) is 13.0. The topological polar surface area (TPSA) is 140 Å². The van der Waals surface area contributed by atoms with Crippen molar-refractivity contribution < 1.29 is 5.11 Å². The van der Waals surface area contributed by atoms with Crippen molar-refractivity contribution in [2.75, 3.05) is 11.9 Å². The molecule has 0 saturated carbocycles. The summed E-state index contributed by atoms with van der Waals surface area (Å²) in [6, 6.07) is 0.0412. The van der Waals surface area contributed by atoms with Crippen LogP contribution in [0.2, 0.25) is 0 Å². The van der Waals surface area contributed by atoms with E-state index in [-0.39, 0.29) is 24.7 Å². The summed E-state index contributed by atoms with van der Waals surface area (Å²) in [5.41, 5.74) is 12.1. The molecule has 6 N–H and O–H groups in total. The summed E-state index contributed by atoms with van der Waals surface area (Å²) in [4.78, 5) is 17.1. The number of nitrogens with two attached hydrogens (primary N) is 2. The van der Waals surface area contributed by atoms with Gasteiger partial charge in [-0.05, 0) is 20.3 Å². The predicted octanol–water partition coefficient (Wildman–Crippen LogP) is 0.495. The summed E-state index contributed by atoms with van der Waals surface area (Å²) >= 11 is 0. The summed E-state index contributed by atoms with van der Waals surface area (Å²) in [6.45, 7) is 6.00. The molecule has 0 unspecified atom stereocenters. The first-order valence-electron chi connectivity index (χ1n) is 7.17. The Bertz CT molecular complexity index is 670. The third kappa shape index (κ3) is 3.25. The van der Waals surface area contributed by atoms with Gasteiger partial charge in [0, 0.05) is 6.04 Å². The van der Waals surface area contributed by atoms with Crippen LogP contribution in [0.4, 0.5) is 11.8 Å². The molecule has 0 spiro atoms. The Morgan fingerprint density at radius 2 is 2.14 bits per heavy atom. The van der Waals surface area contributed by atoms with Crippen molar-refractivity contribution in [1.82, 2.24) is 19.5 Å². The maximum absolute atomic E-state index is 9.32. The first-order valence-corrected chi connectivity index (χ1v) is 7.17. The van der Waals surface area contributed by atoms with Gasteiger partial charge in [-0.15, -0.1) is 0 Å². The van der Waals surface area contributed by atoms with Crippen LogP contribution in [0.25, 0.3) is 11.2 Å². The number of aliphatic imine (C=N–C) groups is 1. The first-order chi connectivity index (χ1) is 10.5. The van der Waals surface area contributed by atoms with E-state index in [1.807, 2.05) is 25.3 Å². The largest absolute Gasteiger partial charge is 0.394 e. The smallest absolute Gasteiger partial charge is 0.227 e. The highest BCUT2D eigenvalue weighted by atomic mass is 16.3. The zero-order valence-electron chi connectivity index (χ0n) is 13.0. The molecule has 9 nitrogen and oxygen atoms in total. The molecule has 9 heteroatoms. The third-order valence-corrected chi connectivity index (χ3v) is 3.24. The molecule has 120 valence electrons. The molecule has 1 atom stereocenters. The van der Waals surface area contributed by atoms with Crippen molar-refractivity contribution in [3.63, 3.8) is 0 Å². The molecule has 2 aromatic heterocycles. The van der Waals surface area contributed by atoms with E-state index in [1.165, 1.54) is 0 Å². The summed E-state index contributed by atoms with van der Waals surface area (Å²) < 4.78 is 1.91. The van der Waals surface area contributed by atoms with Gasteiger partial charge in [-0.1, -0.05) is 6.92 Å². The molecule has 2 heterocycles. The number of hydrogen-bond acceptors (Lipinski definition) is 6. The number of aliphatic hydroxyl groups excluding tert-OH is 1. The van der Waals surface area contributed by atoms with Crippen LogP contribution >= 0.6 is 0 Å². The highest BCUT2D eigenvalue weighted by molar-refractivity contribution is 5.88. The summed E-state index contributed by atoms with van der Waals surface area (Å²) in [6.07, 6.45) is 2.42. The van der Waals surface area contributed by atoms with Crippen molar-refractivity contribution in [3.8, 4) is 0 Å². The Morgan fingerprint density at radius 1 is 1.41 bits per heavy atom. The van der Waals surface area contributed by atoms with Crippen molar-refractivity contribution in [2.45, 2.75) is 39.3 Å². The molecule has 0 fully saturated rings. The monoisotopic (exact) mass is 306 g/mol. The van der Waals surface area contributed by atoms with Gasteiger partial charge in [0.05, 0.1) is 19.0 Å². The number of imidazole rings is 1. The standard InChI is InChI=1S/C13H22N8O/c1-4-8(5-22)17-13-19-10(18-12(14)15)9-11(20-13)21(6-16-9)7(2)3/h6-8,22H,4-5H2,1-3H3,(H5,14,15,17,18,19,20)/t8-/m1/s1. The summed E-state index contributed by atoms with van der Waals surface area (Å²) in [5, 5.41) is 12.4. The van der Waals surface area contributed by atoms with Crippen molar-refractivity contribution in [3.05, 3.63) is 6.33 Å². The molecule has 0 aromatic carbocycles. The van der Waals surface area contributed by atoms with Crippen LogP contribution in [0.1, 0.15) is 33.2 Å². The molecule has 2 rings (SSSR count). The van der Waals surface area contributed by atoms with Gasteiger partial charge in [0.25, 0.3) is 0 Å². The lowest BCUT2D eigenvalue weighted by molar-refractivity contribution is 0.271. The maximum atomic E-state index is 9.32. The molecular weight excluding hydrogens is 284 g/mol. The van der Waals surface area contributed by atoms with Crippen molar-refractivity contribution in [2.24, 2.45) is 16.5 Å². The fourth-order valence-electron chi connectivity index (χ4n) is 2.00. The quantitative estimate of drug-likeness (QED) is 0.449. The lowest BCUT2D eigenvalue weighted by Crippen LogP contribution is -2.24. The average molecular weight is 306 g/mol. The minimum atomic E-state index is -0.139. The lowest BCUT2D eigenvalue weighted by Gasteiger charge is -2.15. The van der Waals surface area contributed by atoms with Gasteiger partial charge in [0.2, 0.25) is 5.95 Å². The predicted molar refractivity (Wildman–Crippen MR) is 86.0 cm³/mol. The van der Waals surface area contributed by atoms with Gasteiger partial charge in [-0.3, -0.25) is 0 Å². The molecule has 0 amide bonds. The van der Waals surface area contributed by atoms with Crippen LogP contribution in [0, 0.1) is 0 Å². The number of rotatable bonds is 6. The Labute approximate surface area is 128 Å². The molecule has 22 heavy (non-hydrogen) atoms. The molecule has 0 aliphatic carbocycles. The molecule has 0 saturated heterocycles. The number of hydrogen-bond donors (Lipinski definition) is 4. The van der Waals surface area contributed by atoms with E-state index in [1.54, 1.807) is 6.33 Å². The van der Waals surface area contributed by atoms with Crippen molar-refractivity contribution >= 4 is 28.9 Å². The van der Waals surface area contributed by atoms with Crippen LogP contribution in [0.5, 0.6) is 0 Å². The Balaban J connectivity index is 2.58. The first kappa shape index (κ1) is 16.0. The second-order valence-electron chi connectivity index (χ2n) is 5.26.